The van der Waals surface area contributed by atoms with E-state index in [1.165, 1.54) is 19.3 Å². The van der Waals surface area contributed by atoms with E-state index < -0.39 is 0 Å². The summed E-state index contributed by atoms with van der Waals surface area (Å²) in [5, 5.41) is 11.1. The van der Waals surface area contributed by atoms with E-state index >= 15 is 0 Å². The number of benzene rings is 1. The van der Waals surface area contributed by atoms with E-state index in [2.05, 4.69) is 27.9 Å². The smallest absolute Gasteiger partial charge is 0.223 e. The molecule has 2 amide bonds. The van der Waals surface area contributed by atoms with Gasteiger partial charge in [-0.2, -0.15) is 0 Å². The number of carbonyl (C=O) groups is 2. The average molecular weight is 536 g/mol. The summed E-state index contributed by atoms with van der Waals surface area (Å²) in [6.45, 7) is 8.66. The molecule has 3 rings (SSSR count). The van der Waals surface area contributed by atoms with Crippen LogP contribution in [-0.4, -0.2) is 74.6 Å². The van der Waals surface area contributed by atoms with Crippen LogP contribution in [0.5, 0.6) is 5.75 Å². The van der Waals surface area contributed by atoms with Crippen LogP contribution in [0.15, 0.2) is 24.4 Å². The highest BCUT2D eigenvalue weighted by Gasteiger charge is 2.22. The predicted molar refractivity (Wildman–Crippen MR) is 153 cm³/mol. The Hall–Kier alpha value is -2.29. The first-order valence-corrected chi connectivity index (χ1v) is 13.7. The van der Waals surface area contributed by atoms with Gasteiger partial charge in [0.05, 0.1) is 7.11 Å². The third-order valence-electron chi connectivity index (χ3n) is 7.04. The van der Waals surface area contributed by atoms with Gasteiger partial charge in [-0.3, -0.25) is 9.59 Å². The topological polar surface area (TPSA) is 98.5 Å². The number of unbranched alkanes of at least 4 members (excludes halogenated alkanes) is 1. The lowest BCUT2D eigenvalue weighted by Crippen LogP contribution is -2.41. The number of hydrogen-bond donors (Lipinski definition) is 4. The van der Waals surface area contributed by atoms with E-state index in [9.17, 15) is 9.59 Å². The minimum atomic E-state index is -0.0650. The molecule has 4 N–H and O–H groups in total. The molecule has 1 fully saturated rings. The Balaban J connectivity index is 0.00000481. The second-order valence-electron chi connectivity index (χ2n) is 9.81. The standard InChI is InChI=1S/C28H45N5O3.ClH/c1-3-13-29-14-4-5-15-30-20-22-11-17-33(18-12-22)28(35)9-8-27(34)31-16-10-23-21-32-26-7-6-24(36-2)19-25(23)26;/h6-7,19,21-22,29-30,32H,3-5,8-18,20H2,1-2H3,(H,31,34);1H. The quantitative estimate of drug-likeness (QED) is 0.246. The molecule has 1 aliphatic heterocycles. The van der Waals surface area contributed by atoms with Crippen molar-refractivity contribution >= 4 is 35.1 Å². The molecular weight excluding hydrogens is 490 g/mol. The summed E-state index contributed by atoms with van der Waals surface area (Å²) in [4.78, 5) is 30.1. The Kier molecular flexibility index (Phi) is 14.4. The highest BCUT2D eigenvalue weighted by molar-refractivity contribution is 5.86. The normalized spacial score (nSPS) is 13.9. The third-order valence-corrected chi connectivity index (χ3v) is 7.04. The van der Waals surface area contributed by atoms with Crippen molar-refractivity contribution in [3.63, 3.8) is 0 Å². The fraction of sp³-hybridized carbons (Fsp3) is 0.643. The molecule has 1 aliphatic rings. The predicted octanol–water partition coefficient (Wildman–Crippen LogP) is 3.65. The van der Waals surface area contributed by atoms with Crippen LogP contribution in [0.3, 0.4) is 0 Å². The van der Waals surface area contributed by atoms with Crippen LogP contribution in [0.4, 0.5) is 0 Å². The number of likely N-dealkylation sites (tertiary alicyclic amines) is 1. The van der Waals surface area contributed by atoms with Gasteiger partial charge < -0.3 is 30.6 Å². The van der Waals surface area contributed by atoms with E-state index in [-0.39, 0.29) is 37.1 Å². The molecule has 208 valence electrons. The minimum Gasteiger partial charge on any atom is -0.497 e. The molecular formula is C28H46ClN5O3. The second kappa shape index (κ2) is 17.3. The number of H-pyrrole nitrogens is 1. The molecule has 2 heterocycles. The number of rotatable bonds is 16. The Labute approximate surface area is 228 Å². The molecule has 0 atom stereocenters. The van der Waals surface area contributed by atoms with Crippen molar-refractivity contribution in [2.45, 2.75) is 58.3 Å². The molecule has 0 unspecified atom stereocenters. The lowest BCUT2D eigenvalue weighted by Gasteiger charge is -2.32. The number of nitrogens with one attached hydrogen (secondary N) is 4. The lowest BCUT2D eigenvalue weighted by atomic mass is 9.96. The average Bonchev–Trinajstić information content (AvgIpc) is 3.31. The molecule has 2 aromatic rings. The van der Waals surface area contributed by atoms with Gasteiger partial charge in [0.1, 0.15) is 5.75 Å². The van der Waals surface area contributed by atoms with Crippen LogP contribution in [-0.2, 0) is 16.0 Å². The monoisotopic (exact) mass is 535 g/mol. The highest BCUT2D eigenvalue weighted by Crippen LogP contribution is 2.23. The number of piperidine rings is 1. The van der Waals surface area contributed by atoms with Crippen LogP contribution in [0, 0.1) is 5.92 Å². The zero-order valence-corrected chi connectivity index (χ0v) is 23.4. The number of hydrogen-bond acceptors (Lipinski definition) is 5. The summed E-state index contributed by atoms with van der Waals surface area (Å²) < 4.78 is 5.31. The van der Waals surface area contributed by atoms with Crippen molar-refractivity contribution in [1.82, 2.24) is 25.8 Å². The molecule has 37 heavy (non-hydrogen) atoms. The number of amides is 2. The molecule has 0 spiro atoms. The number of carbonyl (C=O) groups excluding carboxylic acids is 2. The Morgan fingerprint density at radius 3 is 2.54 bits per heavy atom. The first-order valence-electron chi connectivity index (χ1n) is 13.7. The van der Waals surface area contributed by atoms with Crippen LogP contribution < -0.4 is 20.7 Å². The van der Waals surface area contributed by atoms with Crippen LogP contribution in [0.25, 0.3) is 10.9 Å². The second-order valence-corrected chi connectivity index (χ2v) is 9.81. The number of aromatic amines is 1. The molecule has 0 radical (unpaired) electrons. The summed E-state index contributed by atoms with van der Waals surface area (Å²) in [7, 11) is 1.66. The summed E-state index contributed by atoms with van der Waals surface area (Å²) in [6, 6.07) is 5.93. The number of ether oxygens (including phenoxy) is 1. The summed E-state index contributed by atoms with van der Waals surface area (Å²) in [6.07, 6.45) is 8.92. The number of methoxy groups -OCH3 is 1. The van der Waals surface area contributed by atoms with Gasteiger partial charge in [0.25, 0.3) is 0 Å². The van der Waals surface area contributed by atoms with E-state index in [1.54, 1.807) is 7.11 Å². The van der Waals surface area contributed by atoms with Crippen molar-refractivity contribution < 1.29 is 14.3 Å². The molecule has 0 saturated carbocycles. The van der Waals surface area contributed by atoms with Crippen LogP contribution in [0.2, 0.25) is 0 Å². The molecule has 9 heteroatoms. The number of aromatic nitrogens is 1. The van der Waals surface area contributed by atoms with Crippen LogP contribution in [0.1, 0.15) is 57.4 Å². The lowest BCUT2D eigenvalue weighted by molar-refractivity contribution is -0.134. The van der Waals surface area contributed by atoms with Crippen molar-refractivity contribution in [3.05, 3.63) is 30.0 Å². The first kappa shape index (κ1) is 30.9. The van der Waals surface area contributed by atoms with Crippen molar-refractivity contribution in [1.29, 1.82) is 0 Å². The zero-order chi connectivity index (χ0) is 25.6. The summed E-state index contributed by atoms with van der Waals surface area (Å²) >= 11 is 0. The van der Waals surface area contributed by atoms with E-state index in [1.807, 2.05) is 29.3 Å². The Morgan fingerprint density at radius 2 is 1.81 bits per heavy atom. The van der Waals surface area contributed by atoms with Crippen molar-refractivity contribution in [3.8, 4) is 5.75 Å². The van der Waals surface area contributed by atoms with Gasteiger partial charge in [-0.1, -0.05) is 6.92 Å². The number of fused-ring (bicyclic) bond motifs is 1. The van der Waals surface area contributed by atoms with Gasteiger partial charge in [0, 0.05) is 49.6 Å². The zero-order valence-electron chi connectivity index (χ0n) is 22.6. The number of halogens is 1. The van der Waals surface area contributed by atoms with Gasteiger partial charge in [-0.15, -0.1) is 12.4 Å². The molecule has 1 aromatic carbocycles. The highest BCUT2D eigenvalue weighted by atomic mass is 35.5. The summed E-state index contributed by atoms with van der Waals surface area (Å²) in [5.41, 5.74) is 2.19. The largest absolute Gasteiger partial charge is 0.497 e. The molecule has 0 aliphatic carbocycles. The molecule has 8 nitrogen and oxygen atoms in total. The van der Waals surface area contributed by atoms with Gasteiger partial charge in [-0.05, 0) is 94.4 Å². The van der Waals surface area contributed by atoms with Gasteiger partial charge >= 0.3 is 0 Å². The SMILES string of the molecule is CCCNCCCCNCC1CCN(C(=O)CCC(=O)NCCc2c[nH]c3ccc(OC)cc23)CC1.Cl. The van der Waals surface area contributed by atoms with E-state index in [4.69, 9.17) is 4.74 Å². The van der Waals surface area contributed by atoms with Crippen LogP contribution >= 0.6 is 12.4 Å². The maximum Gasteiger partial charge on any atom is 0.223 e. The third kappa shape index (κ3) is 10.5. The molecule has 0 bridgehead atoms. The van der Waals surface area contributed by atoms with Gasteiger partial charge in [-0.25, -0.2) is 0 Å². The van der Waals surface area contributed by atoms with Crippen molar-refractivity contribution in [2.24, 2.45) is 5.92 Å². The minimum absolute atomic E-state index is 0. The van der Waals surface area contributed by atoms with Gasteiger partial charge in [0.2, 0.25) is 11.8 Å². The first-order chi connectivity index (χ1) is 17.6. The molecule has 1 saturated heterocycles. The molecule has 1 aromatic heterocycles. The Morgan fingerprint density at radius 1 is 1.05 bits per heavy atom. The number of nitrogens with zero attached hydrogens (tertiary/aromatic N) is 1. The Bertz CT molecular complexity index is 943. The van der Waals surface area contributed by atoms with E-state index in [0.717, 1.165) is 80.7 Å². The van der Waals surface area contributed by atoms with E-state index in [0.29, 0.717) is 12.5 Å². The fourth-order valence-corrected chi connectivity index (χ4v) is 4.79. The summed E-state index contributed by atoms with van der Waals surface area (Å²) in [5.74, 6) is 1.49. The van der Waals surface area contributed by atoms with Crippen molar-refractivity contribution in [2.75, 3.05) is 52.9 Å². The van der Waals surface area contributed by atoms with Gasteiger partial charge in [0.15, 0.2) is 0 Å². The maximum atomic E-state index is 12.6. The fourth-order valence-electron chi connectivity index (χ4n) is 4.79. The maximum absolute atomic E-state index is 12.6.